The molecule has 92 valence electrons. The Morgan fingerprint density at radius 1 is 1.69 bits per heavy atom. The van der Waals surface area contributed by atoms with Crippen LogP contribution in [-0.2, 0) is 9.36 Å². The number of carbonyl (C=O) groups is 1. The lowest BCUT2D eigenvalue weighted by Gasteiger charge is -2.24. The van der Waals surface area contributed by atoms with E-state index in [0.717, 1.165) is 12.8 Å². The fourth-order valence-corrected chi connectivity index (χ4v) is 2.80. The van der Waals surface area contributed by atoms with Crippen molar-refractivity contribution in [1.29, 1.82) is 0 Å². The monoisotopic (exact) mass is 247 g/mol. The molecule has 0 bridgehead atoms. The van der Waals surface area contributed by atoms with Crippen LogP contribution in [0.15, 0.2) is 0 Å². The molecule has 6 heteroatoms. The van der Waals surface area contributed by atoms with E-state index in [1.807, 2.05) is 13.8 Å². The number of hydrogen-bond donors (Lipinski definition) is 2. The summed E-state index contributed by atoms with van der Waals surface area (Å²) in [5, 5.41) is 0. The Morgan fingerprint density at radius 3 is 2.81 bits per heavy atom. The zero-order valence-corrected chi connectivity index (χ0v) is 10.7. The fraction of sp³-hybridized carbons (Fsp3) is 0.900. The molecule has 0 aromatic carbocycles. The maximum atomic E-state index is 12.0. The molecule has 5 nitrogen and oxygen atoms in total. The van der Waals surface area contributed by atoms with Crippen molar-refractivity contribution in [2.24, 2.45) is 11.7 Å². The first-order valence-electron chi connectivity index (χ1n) is 5.70. The van der Waals surface area contributed by atoms with Crippen LogP contribution in [0.1, 0.15) is 33.1 Å². The van der Waals surface area contributed by atoms with Gasteiger partial charge in [0.05, 0.1) is 6.04 Å². The van der Waals surface area contributed by atoms with Crippen molar-refractivity contribution in [3.8, 4) is 0 Å². The van der Waals surface area contributed by atoms with Gasteiger partial charge in [0.1, 0.15) is 0 Å². The zero-order valence-electron chi connectivity index (χ0n) is 9.80. The molecule has 0 aromatic heterocycles. The lowest BCUT2D eigenvalue weighted by Crippen LogP contribution is -2.48. The third kappa shape index (κ3) is 2.78. The number of amides is 1. The van der Waals surface area contributed by atoms with Gasteiger partial charge < -0.3 is 5.73 Å². The predicted molar refractivity (Wildman–Crippen MR) is 62.0 cm³/mol. The molecule has 0 saturated carbocycles. The van der Waals surface area contributed by atoms with Gasteiger partial charge in [-0.1, -0.05) is 20.3 Å². The standard InChI is InChI=1S/C10H19N2O3P/c1-3-7(2)9(11)10(13)12-6-4-5-8(12)16(14)15/h7-9H,3-6,11H2,1-2H3/p+1/t7-,8-,9-/m0/s1. The van der Waals surface area contributed by atoms with Gasteiger partial charge in [-0.25, -0.2) is 0 Å². The highest BCUT2D eigenvalue weighted by Crippen LogP contribution is 2.35. The quantitative estimate of drug-likeness (QED) is 0.727. The van der Waals surface area contributed by atoms with Gasteiger partial charge in [-0.15, -0.1) is 0 Å². The molecule has 16 heavy (non-hydrogen) atoms. The Kier molecular flexibility index (Phi) is 4.84. The van der Waals surface area contributed by atoms with Crippen molar-refractivity contribution < 1.29 is 14.3 Å². The van der Waals surface area contributed by atoms with Gasteiger partial charge in [0.2, 0.25) is 5.91 Å². The first-order chi connectivity index (χ1) is 7.49. The molecule has 1 amide bonds. The molecule has 1 rings (SSSR count). The molecule has 0 radical (unpaired) electrons. The van der Waals surface area contributed by atoms with Crippen LogP contribution in [-0.4, -0.2) is 34.1 Å². The lowest BCUT2D eigenvalue weighted by atomic mass is 9.99. The Balaban J connectivity index is 2.69. The number of nitrogens with two attached hydrogens (primary N) is 1. The molecule has 3 N–H and O–H groups in total. The SMILES string of the molecule is CC[C@H](C)[C@H](N)C(=O)N1CCC[C@@H]1[P+](=O)O. The Morgan fingerprint density at radius 2 is 2.31 bits per heavy atom. The minimum absolute atomic E-state index is 0.102. The Labute approximate surface area is 96.9 Å². The molecule has 1 aliphatic rings. The minimum Gasteiger partial charge on any atom is -0.320 e. The maximum absolute atomic E-state index is 12.0. The van der Waals surface area contributed by atoms with Crippen LogP contribution < -0.4 is 5.73 Å². The molecular formula is C10H20N2O3P+. The van der Waals surface area contributed by atoms with E-state index in [1.54, 1.807) is 0 Å². The molecule has 1 fully saturated rings. The number of hydrogen-bond acceptors (Lipinski definition) is 3. The van der Waals surface area contributed by atoms with Gasteiger partial charge in [-0.05, 0) is 16.9 Å². The van der Waals surface area contributed by atoms with Crippen LogP contribution in [0.4, 0.5) is 0 Å². The van der Waals surface area contributed by atoms with Crippen LogP contribution in [0.5, 0.6) is 0 Å². The summed E-state index contributed by atoms with van der Waals surface area (Å²) in [6.45, 7) is 4.45. The number of nitrogens with zero attached hydrogens (tertiary/aromatic N) is 1. The molecule has 4 atom stereocenters. The minimum atomic E-state index is -2.32. The summed E-state index contributed by atoms with van der Waals surface area (Å²) in [5.41, 5.74) is 5.85. The lowest BCUT2D eigenvalue weighted by molar-refractivity contribution is -0.133. The molecule has 1 aliphatic heterocycles. The summed E-state index contributed by atoms with van der Waals surface area (Å²) in [6.07, 6.45) is 2.21. The summed E-state index contributed by atoms with van der Waals surface area (Å²) >= 11 is 0. The van der Waals surface area contributed by atoms with Crippen LogP contribution in [0.25, 0.3) is 0 Å². The molecule has 1 heterocycles. The third-order valence-corrected chi connectivity index (χ3v) is 4.35. The second kappa shape index (κ2) is 5.71. The van der Waals surface area contributed by atoms with Crippen molar-refractivity contribution in [3.05, 3.63) is 0 Å². The fourth-order valence-electron chi connectivity index (χ4n) is 1.92. The van der Waals surface area contributed by atoms with E-state index in [9.17, 15) is 9.36 Å². The summed E-state index contributed by atoms with van der Waals surface area (Å²) in [6, 6.07) is -0.555. The molecule has 0 aromatic rings. The van der Waals surface area contributed by atoms with E-state index < -0.39 is 19.9 Å². The highest BCUT2D eigenvalue weighted by molar-refractivity contribution is 7.38. The maximum Gasteiger partial charge on any atom is 0.530 e. The van der Waals surface area contributed by atoms with Gasteiger partial charge in [-0.2, -0.15) is 4.89 Å². The average Bonchev–Trinajstić information content (AvgIpc) is 2.74. The van der Waals surface area contributed by atoms with Crippen molar-refractivity contribution in [3.63, 3.8) is 0 Å². The topological polar surface area (TPSA) is 83.6 Å². The number of carbonyl (C=O) groups excluding carboxylic acids is 1. The van der Waals surface area contributed by atoms with E-state index in [1.165, 1.54) is 4.90 Å². The summed E-state index contributed by atoms with van der Waals surface area (Å²) in [4.78, 5) is 22.6. The number of rotatable bonds is 4. The number of likely N-dealkylation sites (tertiary alicyclic amines) is 1. The third-order valence-electron chi connectivity index (χ3n) is 3.30. The average molecular weight is 247 g/mol. The smallest absolute Gasteiger partial charge is 0.320 e. The second-order valence-corrected chi connectivity index (χ2v) is 5.57. The van der Waals surface area contributed by atoms with Crippen molar-refractivity contribution >= 4 is 13.9 Å². The summed E-state index contributed by atoms with van der Waals surface area (Å²) < 4.78 is 11.1. The van der Waals surface area contributed by atoms with Crippen molar-refractivity contribution in [2.45, 2.75) is 44.9 Å². The predicted octanol–water partition coefficient (Wildman–Crippen LogP) is 1.04. The first-order valence-corrected chi connectivity index (χ1v) is 6.98. The van der Waals surface area contributed by atoms with E-state index in [0.29, 0.717) is 13.0 Å². The van der Waals surface area contributed by atoms with Crippen LogP contribution in [0.2, 0.25) is 0 Å². The highest BCUT2D eigenvalue weighted by atomic mass is 31.1. The van der Waals surface area contributed by atoms with Gasteiger partial charge >= 0.3 is 8.03 Å². The van der Waals surface area contributed by atoms with Crippen molar-refractivity contribution in [2.75, 3.05) is 6.54 Å². The van der Waals surface area contributed by atoms with E-state index in [4.69, 9.17) is 10.6 Å². The first kappa shape index (κ1) is 13.6. The largest absolute Gasteiger partial charge is 0.530 e. The van der Waals surface area contributed by atoms with E-state index >= 15 is 0 Å². The van der Waals surface area contributed by atoms with Crippen LogP contribution >= 0.6 is 8.03 Å². The highest BCUT2D eigenvalue weighted by Gasteiger charge is 2.43. The van der Waals surface area contributed by atoms with Crippen molar-refractivity contribution in [1.82, 2.24) is 4.90 Å². The Bertz CT molecular complexity index is 285. The van der Waals surface area contributed by atoms with Gasteiger partial charge in [0.15, 0.2) is 0 Å². The molecule has 0 spiro atoms. The molecule has 1 saturated heterocycles. The molecule has 0 aliphatic carbocycles. The summed E-state index contributed by atoms with van der Waals surface area (Å²) in [7, 11) is -2.32. The van der Waals surface area contributed by atoms with Gasteiger partial charge in [0.25, 0.3) is 5.78 Å². The van der Waals surface area contributed by atoms with Gasteiger partial charge in [0, 0.05) is 13.0 Å². The van der Waals surface area contributed by atoms with Crippen LogP contribution in [0, 0.1) is 5.92 Å². The van der Waals surface area contributed by atoms with Gasteiger partial charge in [-0.3, -0.25) is 9.69 Å². The van der Waals surface area contributed by atoms with E-state index in [2.05, 4.69) is 0 Å². The normalized spacial score (nSPS) is 25.4. The zero-order chi connectivity index (χ0) is 12.3. The Hall–Kier alpha value is -0.510. The molecular weight excluding hydrogens is 227 g/mol. The van der Waals surface area contributed by atoms with E-state index in [-0.39, 0.29) is 11.8 Å². The second-order valence-electron chi connectivity index (χ2n) is 4.37. The van der Waals surface area contributed by atoms with Crippen LogP contribution in [0.3, 0.4) is 0 Å². The molecule has 1 unspecified atom stereocenters. The summed E-state index contributed by atoms with van der Waals surface area (Å²) in [5.74, 6) is -0.614.